The van der Waals surface area contributed by atoms with E-state index in [1.165, 1.54) is 4.88 Å². The molecule has 0 aliphatic rings. The summed E-state index contributed by atoms with van der Waals surface area (Å²) in [6, 6.07) is 13.5. The number of hydrogen-bond acceptors (Lipinski definition) is 6. The maximum absolute atomic E-state index is 5.63. The number of aliphatic imine (C=N–C) groups is 1. The van der Waals surface area contributed by atoms with E-state index in [0.29, 0.717) is 32.2 Å². The van der Waals surface area contributed by atoms with Gasteiger partial charge in [0.05, 0.1) is 12.2 Å². The first kappa shape index (κ1) is 21.6. The number of nitrogens with zero attached hydrogens (tertiary/aromatic N) is 3. The van der Waals surface area contributed by atoms with E-state index in [-0.39, 0.29) is 0 Å². The number of hydrogen-bond donors (Lipinski definition) is 2. The topological polar surface area (TPSA) is 80.7 Å². The molecule has 2 aromatic heterocycles. The van der Waals surface area contributed by atoms with Crippen molar-refractivity contribution in [1.82, 2.24) is 20.6 Å². The van der Waals surface area contributed by atoms with Gasteiger partial charge in [0.15, 0.2) is 5.96 Å². The fourth-order valence-electron chi connectivity index (χ4n) is 2.60. The zero-order chi connectivity index (χ0) is 21.2. The van der Waals surface area contributed by atoms with Gasteiger partial charge in [0.2, 0.25) is 5.88 Å². The summed E-state index contributed by atoms with van der Waals surface area (Å²) in [5.41, 5.74) is 2.12. The summed E-state index contributed by atoms with van der Waals surface area (Å²) in [6.45, 7) is 6.27. The zero-order valence-corrected chi connectivity index (χ0v) is 18.3. The van der Waals surface area contributed by atoms with E-state index < -0.39 is 0 Å². The number of aromatic nitrogens is 2. The third kappa shape index (κ3) is 6.73. The van der Waals surface area contributed by atoms with Crippen molar-refractivity contribution in [3.63, 3.8) is 0 Å². The lowest BCUT2D eigenvalue weighted by Gasteiger charge is -2.11. The van der Waals surface area contributed by atoms with Crippen molar-refractivity contribution in [2.75, 3.05) is 20.3 Å². The summed E-state index contributed by atoms with van der Waals surface area (Å²) >= 11 is 1.70. The molecule has 0 aliphatic heterocycles. The summed E-state index contributed by atoms with van der Waals surface area (Å²) in [5.74, 6) is 2.13. The number of para-hydroxylation sites is 1. The Labute approximate surface area is 181 Å². The second kappa shape index (κ2) is 11.2. The van der Waals surface area contributed by atoms with Gasteiger partial charge in [-0.1, -0.05) is 24.3 Å². The minimum atomic E-state index is 0.436. The molecule has 2 heterocycles. The number of pyridine rings is 1. The molecular formula is C22H27N5O2S. The smallest absolute Gasteiger partial charge is 0.213 e. The third-order valence-corrected chi connectivity index (χ3v) is 5.38. The van der Waals surface area contributed by atoms with Crippen LogP contribution in [-0.2, 0) is 13.1 Å². The number of thiazole rings is 1. The Morgan fingerprint density at radius 1 is 1.00 bits per heavy atom. The molecule has 0 saturated carbocycles. The van der Waals surface area contributed by atoms with Gasteiger partial charge < -0.3 is 20.1 Å². The first-order chi connectivity index (χ1) is 14.6. The summed E-state index contributed by atoms with van der Waals surface area (Å²) in [5, 5.41) is 7.61. The molecule has 0 saturated heterocycles. The maximum Gasteiger partial charge on any atom is 0.213 e. The molecule has 0 bridgehead atoms. The van der Waals surface area contributed by atoms with Crippen LogP contribution in [-0.4, -0.2) is 36.2 Å². The van der Waals surface area contributed by atoms with Crippen LogP contribution in [0.2, 0.25) is 0 Å². The molecule has 0 spiro atoms. The molecule has 0 unspecified atom stereocenters. The SMILES string of the molecule is CN=C(NCc1ccc(OCCOc2ccccc2)nc1)NCc1nc(C)c(C)s1. The Hall–Kier alpha value is -3.13. The normalized spacial score (nSPS) is 11.2. The van der Waals surface area contributed by atoms with Crippen LogP contribution in [0.5, 0.6) is 11.6 Å². The first-order valence-corrected chi connectivity index (χ1v) is 10.6. The number of guanidine groups is 1. The molecular weight excluding hydrogens is 398 g/mol. The predicted octanol–water partition coefficient (Wildman–Crippen LogP) is 3.48. The average molecular weight is 426 g/mol. The highest BCUT2D eigenvalue weighted by atomic mass is 32.1. The van der Waals surface area contributed by atoms with Crippen LogP contribution in [0.15, 0.2) is 53.7 Å². The van der Waals surface area contributed by atoms with Crippen LogP contribution in [0.25, 0.3) is 0 Å². The molecule has 8 heteroatoms. The molecule has 1 aromatic carbocycles. The van der Waals surface area contributed by atoms with Crippen molar-refractivity contribution in [3.05, 3.63) is 69.8 Å². The molecule has 158 valence electrons. The Kier molecular flexibility index (Phi) is 8.02. The molecule has 3 aromatic rings. The van der Waals surface area contributed by atoms with E-state index in [2.05, 4.69) is 32.5 Å². The van der Waals surface area contributed by atoms with Gasteiger partial charge in [-0.2, -0.15) is 0 Å². The fraction of sp³-hybridized carbons (Fsp3) is 0.318. The molecule has 2 N–H and O–H groups in total. The summed E-state index contributed by atoms with van der Waals surface area (Å²) in [6.07, 6.45) is 1.79. The van der Waals surface area contributed by atoms with Crippen LogP contribution < -0.4 is 20.1 Å². The largest absolute Gasteiger partial charge is 0.490 e. The standard InChI is InChI=1S/C22H27N5O2S/c1-16-17(2)30-21(27-16)15-26-22(23-3)25-14-18-9-10-20(24-13-18)29-12-11-28-19-7-5-4-6-8-19/h4-10,13H,11-12,14-15H2,1-3H3,(H2,23,25,26). The van der Waals surface area contributed by atoms with Gasteiger partial charge in [-0.15, -0.1) is 11.3 Å². The van der Waals surface area contributed by atoms with Crippen LogP contribution in [0.1, 0.15) is 21.1 Å². The molecule has 30 heavy (non-hydrogen) atoms. The third-order valence-electron chi connectivity index (χ3n) is 4.31. The van der Waals surface area contributed by atoms with Crippen LogP contribution >= 0.6 is 11.3 Å². The van der Waals surface area contributed by atoms with Crippen LogP contribution in [0.3, 0.4) is 0 Å². The second-order valence-electron chi connectivity index (χ2n) is 6.54. The molecule has 3 rings (SSSR count). The minimum Gasteiger partial charge on any atom is -0.490 e. The highest BCUT2D eigenvalue weighted by Gasteiger charge is 2.05. The highest BCUT2D eigenvalue weighted by molar-refractivity contribution is 7.11. The van der Waals surface area contributed by atoms with E-state index >= 15 is 0 Å². The predicted molar refractivity (Wildman–Crippen MR) is 120 cm³/mol. The van der Waals surface area contributed by atoms with Crippen molar-refractivity contribution < 1.29 is 9.47 Å². The van der Waals surface area contributed by atoms with Gasteiger partial charge in [0.25, 0.3) is 0 Å². The summed E-state index contributed by atoms with van der Waals surface area (Å²) < 4.78 is 11.2. The number of rotatable bonds is 9. The number of ether oxygens (including phenoxy) is 2. The van der Waals surface area contributed by atoms with Gasteiger partial charge in [-0.05, 0) is 31.5 Å². The van der Waals surface area contributed by atoms with E-state index in [1.54, 1.807) is 24.6 Å². The van der Waals surface area contributed by atoms with Gasteiger partial charge in [0.1, 0.15) is 24.0 Å². The molecule has 0 amide bonds. The van der Waals surface area contributed by atoms with E-state index in [9.17, 15) is 0 Å². The lowest BCUT2D eigenvalue weighted by molar-refractivity contribution is 0.212. The minimum absolute atomic E-state index is 0.436. The molecule has 0 fully saturated rings. The lowest BCUT2D eigenvalue weighted by atomic mass is 10.3. The van der Waals surface area contributed by atoms with Crippen molar-refractivity contribution in [2.24, 2.45) is 4.99 Å². The molecule has 0 atom stereocenters. The van der Waals surface area contributed by atoms with E-state index in [0.717, 1.165) is 28.0 Å². The maximum atomic E-state index is 5.63. The Balaban J connectivity index is 1.37. The number of benzene rings is 1. The van der Waals surface area contributed by atoms with Crippen LogP contribution in [0.4, 0.5) is 0 Å². The van der Waals surface area contributed by atoms with Crippen LogP contribution in [0, 0.1) is 13.8 Å². The van der Waals surface area contributed by atoms with E-state index in [4.69, 9.17) is 9.47 Å². The van der Waals surface area contributed by atoms with Gasteiger partial charge in [-0.25, -0.2) is 9.97 Å². The number of aryl methyl sites for hydroxylation is 2. The second-order valence-corrected chi connectivity index (χ2v) is 7.83. The first-order valence-electron chi connectivity index (χ1n) is 9.77. The van der Waals surface area contributed by atoms with Crippen molar-refractivity contribution in [3.8, 4) is 11.6 Å². The molecule has 7 nitrogen and oxygen atoms in total. The quantitative estimate of drug-likeness (QED) is 0.310. The monoisotopic (exact) mass is 425 g/mol. The molecule has 0 radical (unpaired) electrons. The van der Waals surface area contributed by atoms with Gasteiger partial charge >= 0.3 is 0 Å². The Morgan fingerprint density at radius 2 is 1.77 bits per heavy atom. The average Bonchev–Trinajstić information content (AvgIpc) is 3.10. The Bertz CT molecular complexity index is 922. The number of nitrogens with one attached hydrogen (secondary N) is 2. The van der Waals surface area contributed by atoms with Gasteiger partial charge in [-0.3, -0.25) is 4.99 Å². The highest BCUT2D eigenvalue weighted by Crippen LogP contribution is 2.16. The lowest BCUT2D eigenvalue weighted by Crippen LogP contribution is -2.36. The Morgan fingerprint density at radius 3 is 2.43 bits per heavy atom. The van der Waals surface area contributed by atoms with Gasteiger partial charge in [0, 0.05) is 30.7 Å². The van der Waals surface area contributed by atoms with Crippen molar-refractivity contribution >= 4 is 17.3 Å². The summed E-state index contributed by atoms with van der Waals surface area (Å²) in [7, 11) is 1.75. The zero-order valence-electron chi connectivity index (χ0n) is 17.5. The van der Waals surface area contributed by atoms with Crippen molar-refractivity contribution in [2.45, 2.75) is 26.9 Å². The molecule has 0 aliphatic carbocycles. The fourth-order valence-corrected chi connectivity index (χ4v) is 3.48. The summed E-state index contributed by atoms with van der Waals surface area (Å²) in [4.78, 5) is 14.4. The van der Waals surface area contributed by atoms with E-state index in [1.807, 2.05) is 49.4 Å². The van der Waals surface area contributed by atoms with Crippen molar-refractivity contribution in [1.29, 1.82) is 0 Å².